The summed E-state index contributed by atoms with van der Waals surface area (Å²) in [6.45, 7) is 9.15. The lowest BCUT2D eigenvalue weighted by Crippen LogP contribution is -2.47. The predicted octanol–water partition coefficient (Wildman–Crippen LogP) is 3.34. The van der Waals surface area contributed by atoms with Crippen molar-refractivity contribution >= 4 is 6.03 Å². The molecule has 1 aromatic carbocycles. The number of aliphatic hydroxyl groups excluding tert-OH is 1. The number of hydrogen-bond acceptors (Lipinski definition) is 3. The van der Waals surface area contributed by atoms with Gasteiger partial charge in [-0.2, -0.15) is 0 Å². The smallest absolute Gasteiger partial charge is 0.317 e. The Morgan fingerprint density at radius 3 is 2.50 bits per heavy atom. The summed E-state index contributed by atoms with van der Waals surface area (Å²) < 4.78 is 5.64. The molecule has 3 atom stereocenters. The number of piperidine rings is 1. The van der Waals surface area contributed by atoms with Crippen LogP contribution in [0, 0.1) is 5.92 Å². The van der Waals surface area contributed by atoms with Gasteiger partial charge in [0.25, 0.3) is 0 Å². The quantitative estimate of drug-likeness (QED) is 0.868. The summed E-state index contributed by atoms with van der Waals surface area (Å²) in [5.74, 6) is 1.01. The Morgan fingerprint density at radius 2 is 1.92 bits per heavy atom. The molecule has 134 valence electrons. The van der Waals surface area contributed by atoms with Crippen LogP contribution in [0.4, 0.5) is 4.79 Å². The van der Waals surface area contributed by atoms with Gasteiger partial charge in [0.2, 0.25) is 0 Å². The summed E-state index contributed by atoms with van der Waals surface area (Å²) in [6.07, 6.45) is 1.70. The molecule has 3 unspecified atom stereocenters. The number of carbonyl (C=O) groups is 1. The fourth-order valence-corrected chi connectivity index (χ4v) is 3.06. The molecule has 0 bridgehead atoms. The number of nitrogens with one attached hydrogen (secondary N) is 1. The van der Waals surface area contributed by atoms with Gasteiger partial charge in [-0.25, -0.2) is 4.79 Å². The molecule has 1 saturated heterocycles. The van der Waals surface area contributed by atoms with E-state index in [1.54, 1.807) is 6.92 Å². The number of amides is 2. The Labute approximate surface area is 145 Å². The van der Waals surface area contributed by atoms with Crippen molar-refractivity contribution in [3.63, 3.8) is 0 Å². The van der Waals surface area contributed by atoms with Crippen LogP contribution in [0.1, 0.15) is 52.1 Å². The first-order chi connectivity index (χ1) is 11.4. The van der Waals surface area contributed by atoms with E-state index in [2.05, 4.69) is 5.32 Å². The van der Waals surface area contributed by atoms with E-state index in [0.717, 1.165) is 30.7 Å². The second kappa shape index (κ2) is 8.38. The molecule has 1 heterocycles. The van der Waals surface area contributed by atoms with Crippen LogP contribution in [0.15, 0.2) is 24.3 Å². The normalized spacial score (nSPS) is 20.6. The molecule has 1 aliphatic heterocycles. The van der Waals surface area contributed by atoms with Crippen molar-refractivity contribution < 1.29 is 14.6 Å². The average Bonchev–Trinajstić information content (AvgIpc) is 2.55. The monoisotopic (exact) mass is 334 g/mol. The highest BCUT2D eigenvalue weighted by Crippen LogP contribution is 2.22. The molecule has 0 spiro atoms. The van der Waals surface area contributed by atoms with Gasteiger partial charge < -0.3 is 20.1 Å². The van der Waals surface area contributed by atoms with Crippen molar-refractivity contribution in [1.82, 2.24) is 10.2 Å². The SMILES string of the molecule is CC(C)Oc1ccc(C(C)NC(=O)N2CCCC(C(C)O)C2)cc1. The highest BCUT2D eigenvalue weighted by molar-refractivity contribution is 5.74. The number of carbonyl (C=O) groups excluding carboxylic acids is 1. The van der Waals surface area contributed by atoms with E-state index in [0.29, 0.717) is 6.54 Å². The third kappa shape index (κ3) is 5.13. The molecule has 5 heteroatoms. The summed E-state index contributed by atoms with van der Waals surface area (Å²) in [6, 6.07) is 7.70. The number of likely N-dealkylation sites (tertiary alicyclic amines) is 1. The van der Waals surface area contributed by atoms with E-state index in [9.17, 15) is 9.90 Å². The Balaban J connectivity index is 1.91. The van der Waals surface area contributed by atoms with Gasteiger partial charge in [-0.05, 0) is 58.2 Å². The van der Waals surface area contributed by atoms with Crippen LogP contribution >= 0.6 is 0 Å². The molecule has 0 aliphatic carbocycles. The first-order valence-corrected chi connectivity index (χ1v) is 8.87. The van der Waals surface area contributed by atoms with E-state index >= 15 is 0 Å². The molecular formula is C19H30N2O3. The van der Waals surface area contributed by atoms with Crippen molar-refractivity contribution in [2.24, 2.45) is 5.92 Å². The minimum absolute atomic E-state index is 0.0599. The molecule has 2 N–H and O–H groups in total. The standard InChI is InChI=1S/C19H30N2O3/c1-13(2)24-18-9-7-16(8-10-18)14(3)20-19(23)21-11-5-6-17(12-21)15(4)22/h7-10,13-15,17,22H,5-6,11-12H2,1-4H3,(H,20,23). The molecule has 0 aromatic heterocycles. The summed E-state index contributed by atoms with van der Waals surface area (Å²) in [5.41, 5.74) is 1.04. The van der Waals surface area contributed by atoms with Gasteiger partial charge in [0.05, 0.1) is 18.2 Å². The molecule has 2 amide bonds. The Kier molecular flexibility index (Phi) is 6.49. The number of hydrogen-bond donors (Lipinski definition) is 2. The highest BCUT2D eigenvalue weighted by atomic mass is 16.5. The summed E-state index contributed by atoms with van der Waals surface area (Å²) in [7, 11) is 0. The lowest BCUT2D eigenvalue weighted by atomic mass is 9.94. The Hall–Kier alpha value is -1.75. The van der Waals surface area contributed by atoms with Crippen LogP contribution in [0.5, 0.6) is 5.75 Å². The highest BCUT2D eigenvalue weighted by Gasteiger charge is 2.27. The van der Waals surface area contributed by atoms with Gasteiger partial charge in [0, 0.05) is 19.0 Å². The van der Waals surface area contributed by atoms with Crippen LogP contribution in [0.3, 0.4) is 0 Å². The Morgan fingerprint density at radius 1 is 1.25 bits per heavy atom. The van der Waals surface area contributed by atoms with E-state index in [1.807, 2.05) is 49.9 Å². The number of benzene rings is 1. The third-order valence-corrected chi connectivity index (χ3v) is 4.52. The van der Waals surface area contributed by atoms with E-state index in [-0.39, 0.29) is 30.2 Å². The molecule has 1 aromatic rings. The molecule has 2 rings (SSSR count). The van der Waals surface area contributed by atoms with Gasteiger partial charge in [0.1, 0.15) is 5.75 Å². The minimum atomic E-state index is -0.369. The largest absolute Gasteiger partial charge is 0.491 e. The first-order valence-electron chi connectivity index (χ1n) is 8.87. The van der Waals surface area contributed by atoms with E-state index in [1.165, 1.54) is 0 Å². The van der Waals surface area contributed by atoms with Crippen LogP contribution < -0.4 is 10.1 Å². The molecule has 5 nitrogen and oxygen atoms in total. The number of ether oxygens (including phenoxy) is 1. The van der Waals surface area contributed by atoms with Gasteiger partial charge in [-0.3, -0.25) is 0 Å². The van der Waals surface area contributed by atoms with Crippen molar-refractivity contribution in [2.45, 2.75) is 58.8 Å². The predicted molar refractivity (Wildman–Crippen MR) is 95.1 cm³/mol. The number of rotatable bonds is 5. The van der Waals surface area contributed by atoms with Crippen molar-refractivity contribution in [1.29, 1.82) is 0 Å². The zero-order valence-electron chi connectivity index (χ0n) is 15.2. The van der Waals surface area contributed by atoms with Gasteiger partial charge in [0.15, 0.2) is 0 Å². The average molecular weight is 334 g/mol. The molecule has 1 fully saturated rings. The number of urea groups is 1. The van der Waals surface area contributed by atoms with E-state index in [4.69, 9.17) is 4.74 Å². The van der Waals surface area contributed by atoms with E-state index < -0.39 is 0 Å². The fraction of sp³-hybridized carbons (Fsp3) is 0.632. The maximum absolute atomic E-state index is 12.5. The molecule has 24 heavy (non-hydrogen) atoms. The lowest BCUT2D eigenvalue weighted by molar-refractivity contribution is 0.0734. The van der Waals surface area contributed by atoms with Crippen molar-refractivity contribution in [2.75, 3.05) is 13.1 Å². The fourth-order valence-electron chi connectivity index (χ4n) is 3.06. The topological polar surface area (TPSA) is 61.8 Å². The number of aliphatic hydroxyl groups is 1. The molecule has 0 saturated carbocycles. The summed E-state index contributed by atoms with van der Waals surface area (Å²) >= 11 is 0. The maximum Gasteiger partial charge on any atom is 0.317 e. The Bertz CT molecular complexity index is 528. The molecule has 1 aliphatic rings. The van der Waals surface area contributed by atoms with Crippen LogP contribution in [0.25, 0.3) is 0 Å². The minimum Gasteiger partial charge on any atom is -0.491 e. The third-order valence-electron chi connectivity index (χ3n) is 4.52. The van der Waals surface area contributed by atoms with Gasteiger partial charge in [-0.15, -0.1) is 0 Å². The maximum atomic E-state index is 12.5. The zero-order chi connectivity index (χ0) is 17.7. The van der Waals surface area contributed by atoms with Gasteiger partial charge in [-0.1, -0.05) is 12.1 Å². The van der Waals surface area contributed by atoms with Crippen molar-refractivity contribution in [3.8, 4) is 5.75 Å². The second-order valence-electron chi connectivity index (χ2n) is 7.00. The summed E-state index contributed by atoms with van der Waals surface area (Å²) in [4.78, 5) is 14.3. The molecular weight excluding hydrogens is 304 g/mol. The zero-order valence-corrected chi connectivity index (χ0v) is 15.2. The lowest BCUT2D eigenvalue weighted by Gasteiger charge is -2.34. The second-order valence-corrected chi connectivity index (χ2v) is 7.00. The number of nitrogens with zero attached hydrogens (tertiary/aromatic N) is 1. The summed E-state index contributed by atoms with van der Waals surface area (Å²) in [5, 5.41) is 12.8. The molecule has 0 radical (unpaired) electrons. The van der Waals surface area contributed by atoms with Crippen LogP contribution in [0.2, 0.25) is 0 Å². The van der Waals surface area contributed by atoms with Crippen molar-refractivity contribution in [3.05, 3.63) is 29.8 Å². The van der Waals surface area contributed by atoms with Crippen LogP contribution in [-0.2, 0) is 0 Å². The first kappa shape index (κ1) is 18.6. The van der Waals surface area contributed by atoms with Crippen LogP contribution in [-0.4, -0.2) is 41.3 Å². The van der Waals surface area contributed by atoms with Gasteiger partial charge >= 0.3 is 6.03 Å².